The average molecular weight is 272 g/mol. The van der Waals surface area contributed by atoms with Gasteiger partial charge in [0.25, 0.3) is 0 Å². The molecule has 0 spiro atoms. The van der Waals surface area contributed by atoms with Gasteiger partial charge in [-0.25, -0.2) is 0 Å². The van der Waals surface area contributed by atoms with E-state index in [0.29, 0.717) is 6.42 Å². The van der Waals surface area contributed by atoms with Gasteiger partial charge in [-0.2, -0.15) is 0 Å². The van der Waals surface area contributed by atoms with E-state index in [4.69, 9.17) is 5.11 Å². The van der Waals surface area contributed by atoms with E-state index in [1.54, 1.807) is 0 Å². The molecular formula is C16H32O3. The third-order valence-corrected chi connectivity index (χ3v) is 3.55. The Bertz CT molecular complexity index is 204. The number of aliphatic hydroxyl groups is 1. The summed E-state index contributed by atoms with van der Waals surface area (Å²) in [4.78, 5) is 10.3. The van der Waals surface area contributed by atoms with Gasteiger partial charge in [0, 0.05) is 6.42 Å². The van der Waals surface area contributed by atoms with Crippen molar-refractivity contribution in [1.82, 2.24) is 0 Å². The number of aliphatic hydroxyl groups excluding tert-OH is 1. The maximum atomic E-state index is 10.3. The second-order valence-electron chi connectivity index (χ2n) is 5.56. The summed E-state index contributed by atoms with van der Waals surface area (Å²) in [6.45, 7) is 2.11. The number of carboxylic acid groups (broad SMARTS) is 1. The highest BCUT2D eigenvalue weighted by molar-refractivity contribution is 5.66. The molecule has 0 aromatic heterocycles. The lowest BCUT2D eigenvalue weighted by molar-refractivity contribution is -0.137. The number of hydrogen-bond donors (Lipinski definition) is 2. The van der Waals surface area contributed by atoms with Crippen molar-refractivity contribution in [2.45, 2.75) is 96.5 Å². The molecule has 0 rings (SSSR count). The minimum atomic E-state index is -0.676. The van der Waals surface area contributed by atoms with Crippen LogP contribution in [0.3, 0.4) is 0 Å². The molecule has 0 bridgehead atoms. The fourth-order valence-electron chi connectivity index (χ4n) is 2.37. The van der Waals surface area contributed by atoms with Gasteiger partial charge >= 0.3 is 5.97 Å². The number of rotatable bonds is 14. The largest absolute Gasteiger partial charge is 0.481 e. The average Bonchev–Trinajstić information content (AvgIpc) is 2.36. The van der Waals surface area contributed by atoms with Gasteiger partial charge in [0.15, 0.2) is 0 Å². The molecule has 0 aromatic rings. The molecule has 0 aromatic carbocycles. The molecule has 3 heteroatoms. The van der Waals surface area contributed by atoms with Gasteiger partial charge < -0.3 is 10.2 Å². The number of carbonyl (C=O) groups is 1. The van der Waals surface area contributed by atoms with Crippen molar-refractivity contribution in [1.29, 1.82) is 0 Å². The molecule has 19 heavy (non-hydrogen) atoms. The van der Waals surface area contributed by atoms with Gasteiger partial charge in [-0.05, 0) is 19.3 Å². The van der Waals surface area contributed by atoms with Gasteiger partial charge in [-0.1, -0.05) is 64.7 Å². The second kappa shape index (κ2) is 13.9. The van der Waals surface area contributed by atoms with Crippen molar-refractivity contribution < 1.29 is 15.0 Å². The van der Waals surface area contributed by atoms with Gasteiger partial charge in [-0.15, -0.1) is 0 Å². The van der Waals surface area contributed by atoms with Crippen molar-refractivity contribution in [3.05, 3.63) is 0 Å². The molecule has 0 saturated heterocycles. The Hall–Kier alpha value is -0.570. The first kappa shape index (κ1) is 18.4. The zero-order valence-electron chi connectivity index (χ0n) is 12.6. The lowest BCUT2D eigenvalue weighted by Gasteiger charge is -2.08. The molecule has 0 amide bonds. The minimum Gasteiger partial charge on any atom is -0.481 e. The van der Waals surface area contributed by atoms with Gasteiger partial charge in [0.05, 0.1) is 6.10 Å². The molecule has 114 valence electrons. The predicted molar refractivity (Wildman–Crippen MR) is 79.3 cm³/mol. The smallest absolute Gasteiger partial charge is 0.303 e. The summed E-state index contributed by atoms with van der Waals surface area (Å²) < 4.78 is 0. The van der Waals surface area contributed by atoms with E-state index in [-0.39, 0.29) is 6.10 Å². The Labute approximate surface area is 118 Å². The van der Waals surface area contributed by atoms with E-state index in [2.05, 4.69) is 6.92 Å². The van der Waals surface area contributed by atoms with Crippen LogP contribution < -0.4 is 0 Å². The molecular weight excluding hydrogens is 240 g/mol. The molecule has 1 atom stereocenters. The van der Waals surface area contributed by atoms with Crippen LogP contribution >= 0.6 is 0 Å². The second-order valence-corrected chi connectivity index (χ2v) is 5.56. The SMILES string of the molecule is CCCC(O)CCCCCCCCCCCC(=O)O. The maximum Gasteiger partial charge on any atom is 0.303 e. The van der Waals surface area contributed by atoms with Crippen LogP contribution in [0.4, 0.5) is 0 Å². The predicted octanol–water partition coefficient (Wildman–Crippen LogP) is 4.52. The van der Waals surface area contributed by atoms with E-state index < -0.39 is 5.97 Å². The van der Waals surface area contributed by atoms with E-state index >= 15 is 0 Å². The van der Waals surface area contributed by atoms with E-state index in [1.165, 1.54) is 38.5 Å². The third kappa shape index (κ3) is 15.4. The first-order chi connectivity index (χ1) is 9.16. The Kier molecular flexibility index (Phi) is 13.4. The molecule has 0 heterocycles. The molecule has 2 N–H and O–H groups in total. The van der Waals surface area contributed by atoms with Crippen molar-refractivity contribution in [2.75, 3.05) is 0 Å². The Morgan fingerprint density at radius 2 is 1.32 bits per heavy atom. The van der Waals surface area contributed by atoms with Crippen molar-refractivity contribution in [3.63, 3.8) is 0 Å². The maximum absolute atomic E-state index is 10.3. The Morgan fingerprint density at radius 3 is 1.79 bits per heavy atom. The summed E-state index contributed by atoms with van der Waals surface area (Å²) in [5.74, 6) is -0.676. The first-order valence-corrected chi connectivity index (χ1v) is 8.06. The summed E-state index contributed by atoms with van der Waals surface area (Å²) in [5.41, 5.74) is 0. The molecule has 0 fully saturated rings. The topological polar surface area (TPSA) is 57.5 Å². The zero-order chi connectivity index (χ0) is 14.3. The molecule has 1 unspecified atom stereocenters. The highest BCUT2D eigenvalue weighted by atomic mass is 16.4. The summed E-state index contributed by atoms with van der Waals surface area (Å²) in [6, 6.07) is 0. The lowest BCUT2D eigenvalue weighted by Crippen LogP contribution is -2.04. The number of aliphatic carboxylic acids is 1. The van der Waals surface area contributed by atoms with Crippen LogP contribution in [0.2, 0.25) is 0 Å². The van der Waals surface area contributed by atoms with Crippen LogP contribution in [0.1, 0.15) is 90.4 Å². The summed E-state index contributed by atoms with van der Waals surface area (Å²) in [5, 5.41) is 18.1. The van der Waals surface area contributed by atoms with Crippen LogP contribution in [0.5, 0.6) is 0 Å². The van der Waals surface area contributed by atoms with Crippen LogP contribution in [0.25, 0.3) is 0 Å². The quantitative estimate of drug-likeness (QED) is 0.457. The third-order valence-electron chi connectivity index (χ3n) is 3.55. The lowest BCUT2D eigenvalue weighted by atomic mass is 10.0. The van der Waals surface area contributed by atoms with E-state index in [1.807, 2.05) is 0 Å². The number of unbranched alkanes of at least 4 members (excludes halogenated alkanes) is 8. The summed E-state index contributed by atoms with van der Waals surface area (Å²) >= 11 is 0. The molecule has 3 nitrogen and oxygen atoms in total. The van der Waals surface area contributed by atoms with E-state index in [0.717, 1.165) is 38.5 Å². The van der Waals surface area contributed by atoms with Crippen LogP contribution in [0.15, 0.2) is 0 Å². The zero-order valence-corrected chi connectivity index (χ0v) is 12.6. The fourth-order valence-corrected chi connectivity index (χ4v) is 2.37. The highest BCUT2D eigenvalue weighted by Gasteiger charge is 2.01. The summed E-state index contributed by atoms with van der Waals surface area (Å²) in [6.07, 6.45) is 13.7. The van der Waals surface area contributed by atoms with Crippen molar-refractivity contribution >= 4 is 5.97 Å². The van der Waals surface area contributed by atoms with Crippen LogP contribution in [0, 0.1) is 0 Å². The van der Waals surface area contributed by atoms with Crippen molar-refractivity contribution in [3.8, 4) is 0 Å². The van der Waals surface area contributed by atoms with Crippen LogP contribution in [-0.4, -0.2) is 22.3 Å². The van der Waals surface area contributed by atoms with Gasteiger partial charge in [0.2, 0.25) is 0 Å². The summed E-state index contributed by atoms with van der Waals surface area (Å²) in [7, 11) is 0. The molecule has 0 aliphatic carbocycles. The molecule has 0 aliphatic heterocycles. The minimum absolute atomic E-state index is 0.0840. The van der Waals surface area contributed by atoms with Crippen LogP contribution in [-0.2, 0) is 4.79 Å². The van der Waals surface area contributed by atoms with E-state index in [9.17, 15) is 9.90 Å². The monoisotopic (exact) mass is 272 g/mol. The number of hydrogen-bond acceptors (Lipinski definition) is 2. The van der Waals surface area contributed by atoms with Crippen molar-refractivity contribution in [2.24, 2.45) is 0 Å². The van der Waals surface area contributed by atoms with Gasteiger partial charge in [0.1, 0.15) is 0 Å². The normalized spacial score (nSPS) is 12.5. The Balaban J connectivity index is 3.04. The first-order valence-electron chi connectivity index (χ1n) is 8.06. The number of carboxylic acids is 1. The molecule has 0 saturated carbocycles. The van der Waals surface area contributed by atoms with Gasteiger partial charge in [-0.3, -0.25) is 4.79 Å². The Morgan fingerprint density at radius 1 is 0.842 bits per heavy atom. The highest BCUT2D eigenvalue weighted by Crippen LogP contribution is 2.13. The molecule has 0 aliphatic rings. The standard InChI is InChI=1S/C16H32O3/c1-2-12-15(17)13-10-8-6-4-3-5-7-9-11-14-16(18)19/h15,17H,2-14H2,1H3,(H,18,19). The fraction of sp³-hybridized carbons (Fsp3) is 0.938. The molecule has 0 radical (unpaired) electrons.